The molecule has 2 heterocycles. The fourth-order valence-corrected chi connectivity index (χ4v) is 2.09. The number of hydrogen-bond donors (Lipinski definition) is 2. The zero-order valence-corrected chi connectivity index (χ0v) is 10.8. The Hall–Kier alpha value is -2.01. The van der Waals surface area contributed by atoms with Crippen molar-refractivity contribution < 1.29 is 9.47 Å². The van der Waals surface area contributed by atoms with E-state index in [-0.39, 0.29) is 6.10 Å². The number of aryl methyl sites for hydroxylation is 1. The maximum absolute atomic E-state index is 5.86. The van der Waals surface area contributed by atoms with E-state index in [0.29, 0.717) is 6.61 Å². The second-order valence-corrected chi connectivity index (χ2v) is 4.62. The van der Waals surface area contributed by atoms with E-state index in [1.807, 2.05) is 37.4 Å². The molecule has 5 heteroatoms. The van der Waals surface area contributed by atoms with Gasteiger partial charge in [-0.2, -0.15) is 0 Å². The van der Waals surface area contributed by atoms with Crippen molar-refractivity contribution in [1.29, 1.82) is 0 Å². The molecule has 1 aliphatic heterocycles. The summed E-state index contributed by atoms with van der Waals surface area (Å²) in [6.45, 7) is 4.01. The molecular weight excluding hydrogens is 242 g/mol. The number of ether oxygens (including phenoxy) is 2. The van der Waals surface area contributed by atoms with Crippen LogP contribution in [0.15, 0.2) is 30.5 Å². The van der Waals surface area contributed by atoms with E-state index < -0.39 is 0 Å². The first-order valence-corrected chi connectivity index (χ1v) is 6.41. The van der Waals surface area contributed by atoms with Gasteiger partial charge in [0, 0.05) is 25.0 Å². The molecule has 3 rings (SSSR count). The van der Waals surface area contributed by atoms with Crippen LogP contribution in [0.3, 0.4) is 0 Å². The smallest absolute Gasteiger partial charge is 0.161 e. The Labute approximate surface area is 112 Å². The first-order valence-electron chi connectivity index (χ1n) is 6.41. The lowest BCUT2D eigenvalue weighted by Crippen LogP contribution is -2.38. The van der Waals surface area contributed by atoms with Gasteiger partial charge in [0.2, 0.25) is 0 Å². The first kappa shape index (κ1) is 12.0. The van der Waals surface area contributed by atoms with Crippen LogP contribution in [-0.2, 0) is 6.54 Å². The number of aromatic nitrogens is 2. The lowest BCUT2D eigenvalue weighted by Gasteiger charge is -2.26. The normalized spacial score (nSPS) is 17.4. The molecule has 1 atom stereocenters. The molecular formula is C14H17N3O2. The zero-order chi connectivity index (χ0) is 13.1. The molecule has 2 aromatic rings. The highest BCUT2D eigenvalue weighted by Gasteiger charge is 2.19. The SMILES string of the molecule is Cc1ncc(CNCC2COc3ccccc3O2)[nH]1. The number of para-hydroxylation sites is 2. The summed E-state index contributed by atoms with van der Waals surface area (Å²) in [6.07, 6.45) is 1.88. The zero-order valence-electron chi connectivity index (χ0n) is 10.8. The second kappa shape index (κ2) is 5.32. The average Bonchev–Trinajstić information content (AvgIpc) is 2.84. The van der Waals surface area contributed by atoms with Crippen LogP contribution in [0.1, 0.15) is 11.5 Å². The summed E-state index contributed by atoms with van der Waals surface area (Å²) in [5.74, 6) is 2.57. The highest BCUT2D eigenvalue weighted by molar-refractivity contribution is 5.40. The third-order valence-corrected chi connectivity index (χ3v) is 3.01. The van der Waals surface area contributed by atoms with E-state index in [4.69, 9.17) is 9.47 Å². The Morgan fingerprint density at radius 1 is 1.37 bits per heavy atom. The Morgan fingerprint density at radius 3 is 3.00 bits per heavy atom. The Balaban J connectivity index is 1.50. The summed E-state index contributed by atoms with van der Waals surface area (Å²) >= 11 is 0. The van der Waals surface area contributed by atoms with Crippen LogP contribution in [0.4, 0.5) is 0 Å². The maximum atomic E-state index is 5.86. The summed E-state index contributed by atoms with van der Waals surface area (Å²) in [7, 11) is 0. The molecule has 0 radical (unpaired) electrons. The van der Waals surface area contributed by atoms with Crippen molar-refractivity contribution in [2.45, 2.75) is 19.6 Å². The van der Waals surface area contributed by atoms with Crippen molar-refractivity contribution in [2.24, 2.45) is 0 Å². The van der Waals surface area contributed by atoms with Gasteiger partial charge in [-0.25, -0.2) is 4.98 Å². The van der Waals surface area contributed by atoms with Crippen LogP contribution in [0.5, 0.6) is 11.5 Å². The highest BCUT2D eigenvalue weighted by Crippen LogP contribution is 2.30. The molecule has 1 aromatic heterocycles. The lowest BCUT2D eigenvalue weighted by molar-refractivity contribution is 0.0901. The molecule has 0 aliphatic carbocycles. The molecule has 0 saturated carbocycles. The van der Waals surface area contributed by atoms with Crippen molar-refractivity contribution in [3.63, 3.8) is 0 Å². The largest absolute Gasteiger partial charge is 0.486 e. The van der Waals surface area contributed by atoms with Gasteiger partial charge in [-0.1, -0.05) is 12.1 Å². The maximum Gasteiger partial charge on any atom is 0.161 e. The van der Waals surface area contributed by atoms with E-state index in [1.54, 1.807) is 0 Å². The topological polar surface area (TPSA) is 59.2 Å². The summed E-state index contributed by atoms with van der Waals surface area (Å²) in [4.78, 5) is 7.34. The van der Waals surface area contributed by atoms with Gasteiger partial charge >= 0.3 is 0 Å². The summed E-state index contributed by atoms with van der Waals surface area (Å²) < 4.78 is 11.5. The van der Waals surface area contributed by atoms with Gasteiger partial charge in [-0.3, -0.25) is 0 Å². The predicted octanol–water partition coefficient (Wildman–Crippen LogP) is 1.65. The highest BCUT2D eigenvalue weighted by atomic mass is 16.6. The van der Waals surface area contributed by atoms with Crippen LogP contribution in [0.2, 0.25) is 0 Å². The van der Waals surface area contributed by atoms with Crippen molar-refractivity contribution in [1.82, 2.24) is 15.3 Å². The molecule has 0 saturated heterocycles. The van der Waals surface area contributed by atoms with Gasteiger partial charge in [-0.15, -0.1) is 0 Å². The van der Waals surface area contributed by atoms with E-state index in [0.717, 1.165) is 36.1 Å². The number of nitrogens with one attached hydrogen (secondary N) is 2. The second-order valence-electron chi connectivity index (χ2n) is 4.62. The minimum Gasteiger partial charge on any atom is -0.486 e. The number of fused-ring (bicyclic) bond motifs is 1. The lowest BCUT2D eigenvalue weighted by atomic mass is 10.2. The van der Waals surface area contributed by atoms with Gasteiger partial charge in [0.15, 0.2) is 11.5 Å². The van der Waals surface area contributed by atoms with Gasteiger partial charge in [0.05, 0.1) is 0 Å². The third-order valence-electron chi connectivity index (χ3n) is 3.01. The molecule has 1 aliphatic rings. The number of nitrogens with zero attached hydrogens (tertiary/aromatic N) is 1. The minimum atomic E-state index is 0.0407. The van der Waals surface area contributed by atoms with E-state index in [2.05, 4.69) is 15.3 Å². The summed E-state index contributed by atoms with van der Waals surface area (Å²) in [5.41, 5.74) is 1.08. The van der Waals surface area contributed by atoms with E-state index >= 15 is 0 Å². The van der Waals surface area contributed by atoms with Gasteiger partial charge < -0.3 is 19.8 Å². The number of benzene rings is 1. The van der Waals surface area contributed by atoms with Crippen LogP contribution in [0, 0.1) is 6.92 Å². The van der Waals surface area contributed by atoms with Crippen molar-refractivity contribution in [2.75, 3.05) is 13.2 Å². The quantitative estimate of drug-likeness (QED) is 0.876. The summed E-state index contributed by atoms with van der Waals surface area (Å²) in [5, 5.41) is 3.34. The molecule has 0 fully saturated rings. The molecule has 100 valence electrons. The third kappa shape index (κ3) is 2.88. The minimum absolute atomic E-state index is 0.0407. The summed E-state index contributed by atoms with van der Waals surface area (Å²) in [6, 6.07) is 7.75. The predicted molar refractivity (Wildman–Crippen MR) is 71.4 cm³/mol. The Bertz CT molecular complexity index is 553. The fraction of sp³-hybridized carbons (Fsp3) is 0.357. The molecule has 5 nitrogen and oxygen atoms in total. The Kier molecular flexibility index (Phi) is 3.37. The van der Waals surface area contributed by atoms with E-state index in [9.17, 15) is 0 Å². The Morgan fingerprint density at radius 2 is 2.21 bits per heavy atom. The van der Waals surface area contributed by atoms with Gasteiger partial charge in [0.1, 0.15) is 18.5 Å². The van der Waals surface area contributed by atoms with Crippen LogP contribution >= 0.6 is 0 Å². The number of imidazole rings is 1. The van der Waals surface area contributed by atoms with Crippen LogP contribution < -0.4 is 14.8 Å². The van der Waals surface area contributed by atoms with E-state index in [1.165, 1.54) is 0 Å². The molecule has 2 N–H and O–H groups in total. The molecule has 1 unspecified atom stereocenters. The van der Waals surface area contributed by atoms with Crippen molar-refractivity contribution in [3.8, 4) is 11.5 Å². The number of hydrogen-bond acceptors (Lipinski definition) is 4. The van der Waals surface area contributed by atoms with Crippen molar-refractivity contribution in [3.05, 3.63) is 42.0 Å². The molecule has 0 spiro atoms. The first-order chi connectivity index (χ1) is 9.31. The number of rotatable bonds is 4. The van der Waals surface area contributed by atoms with Crippen molar-refractivity contribution >= 4 is 0 Å². The van der Waals surface area contributed by atoms with Gasteiger partial charge in [0.25, 0.3) is 0 Å². The molecule has 0 amide bonds. The van der Waals surface area contributed by atoms with Crippen LogP contribution in [0.25, 0.3) is 0 Å². The van der Waals surface area contributed by atoms with Crippen LogP contribution in [-0.4, -0.2) is 29.2 Å². The monoisotopic (exact) mass is 259 g/mol. The standard InChI is InChI=1S/C14H17N3O2/c1-10-16-7-11(17-10)6-15-8-12-9-18-13-4-2-3-5-14(13)19-12/h2-5,7,12,15H,6,8-9H2,1H3,(H,16,17). The fourth-order valence-electron chi connectivity index (χ4n) is 2.09. The average molecular weight is 259 g/mol. The number of H-pyrrole nitrogens is 1. The molecule has 19 heavy (non-hydrogen) atoms. The van der Waals surface area contributed by atoms with Gasteiger partial charge in [-0.05, 0) is 19.1 Å². The molecule has 0 bridgehead atoms. The number of aromatic amines is 1. The molecule has 1 aromatic carbocycles.